The van der Waals surface area contributed by atoms with E-state index in [0.717, 1.165) is 18.4 Å². The van der Waals surface area contributed by atoms with Crippen molar-refractivity contribution in [3.8, 4) is 0 Å². The third-order valence-corrected chi connectivity index (χ3v) is 3.85. The molecule has 1 N–H and O–H groups in total. The number of rotatable bonds is 4. The van der Waals surface area contributed by atoms with E-state index in [2.05, 4.69) is 5.32 Å². The predicted octanol–water partition coefficient (Wildman–Crippen LogP) is 3.74. The minimum Gasteiger partial charge on any atom is -0.468 e. The molecule has 1 fully saturated rings. The van der Waals surface area contributed by atoms with Crippen LogP contribution >= 0.6 is 23.2 Å². The van der Waals surface area contributed by atoms with Gasteiger partial charge in [0.1, 0.15) is 6.04 Å². The molecule has 1 aliphatic carbocycles. The monoisotopic (exact) mass is 301 g/mol. The smallest absolute Gasteiger partial charge is 0.327 e. The number of halogens is 2. The first kappa shape index (κ1) is 14.6. The zero-order valence-electron chi connectivity index (χ0n) is 10.8. The van der Waals surface area contributed by atoms with Crippen molar-refractivity contribution in [2.24, 2.45) is 0 Å². The Morgan fingerprint density at radius 2 is 1.84 bits per heavy atom. The average Bonchev–Trinajstić information content (AvgIpc) is 2.86. The van der Waals surface area contributed by atoms with Crippen LogP contribution in [0.5, 0.6) is 0 Å². The quantitative estimate of drug-likeness (QED) is 0.861. The minimum atomic E-state index is -0.510. The molecular weight excluding hydrogens is 285 g/mol. The molecule has 2 rings (SSSR count). The standard InChI is InChI=1S/C14H17Cl2NO2/c1-19-14(18)13(17-12-4-2-3-5-12)9-6-10(15)8-11(16)7-9/h6-8,12-13,17H,2-5H2,1H3. The third-order valence-electron chi connectivity index (χ3n) is 3.41. The van der Waals surface area contributed by atoms with Crippen molar-refractivity contribution in [3.05, 3.63) is 33.8 Å². The first-order valence-electron chi connectivity index (χ1n) is 6.40. The maximum absolute atomic E-state index is 12.0. The van der Waals surface area contributed by atoms with Gasteiger partial charge in [0.15, 0.2) is 0 Å². The highest BCUT2D eigenvalue weighted by molar-refractivity contribution is 6.34. The fourth-order valence-corrected chi connectivity index (χ4v) is 3.03. The molecule has 0 saturated heterocycles. The summed E-state index contributed by atoms with van der Waals surface area (Å²) in [6, 6.07) is 4.98. The molecule has 19 heavy (non-hydrogen) atoms. The van der Waals surface area contributed by atoms with Gasteiger partial charge >= 0.3 is 5.97 Å². The van der Waals surface area contributed by atoms with E-state index in [-0.39, 0.29) is 5.97 Å². The summed E-state index contributed by atoms with van der Waals surface area (Å²) < 4.78 is 4.87. The van der Waals surface area contributed by atoms with Crippen LogP contribution in [0.15, 0.2) is 18.2 Å². The molecule has 5 heteroatoms. The lowest BCUT2D eigenvalue weighted by Crippen LogP contribution is -2.36. The fourth-order valence-electron chi connectivity index (χ4n) is 2.49. The summed E-state index contributed by atoms with van der Waals surface area (Å²) in [6.45, 7) is 0. The molecule has 1 aliphatic rings. The molecule has 1 unspecified atom stereocenters. The van der Waals surface area contributed by atoms with Crippen LogP contribution in [-0.2, 0) is 9.53 Å². The number of carbonyl (C=O) groups excluding carboxylic acids is 1. The van der Waals surface area contributed by atoms with Crippen molar-refractivity contribution in [3.63, 3.8) is 0 Å². The zero-order chi connectivity index (χ0) is 13.8. The second-order valence-corrected chi connectivity index (χ2v) is 5.68. The Morgan fingerprint density at radius 3 is 2.37 bits per heavy atom. The number of hydrogen-bond donors (Lipinski definition) is 1. The molecule has 0 aromatic heterocycles. The van der Waals surface area contributed by atoms with Gasteiger partial charge in [-0.2, -0.15) is 0 Å². The van der Waals surface area contributed by atoms with Crippen molar-refractivity contribution in [2.45, 2.75) is 37.8 Å². The highest BCUT2D eigenvalue weighted by atomic mass is 35.5. The molecule has 3 nitrogen and oxygen atoms in total. The van der Waals surface area contributed by atoms with Crippen molar-refractivity contribution in [1.29, 1.82) is 0 Å². The lowest BCUT2D eigenvalue weighted by Gasteiger charge is -2.21. The van der Waals surface area contributed by atoms with Crippen LogP contribution in [0, 0.1) is 0 Å². The van der Waals surface area contributed by atoms with Crippen molar-refractivity contribution >= 4 is 29.2 Å². The molecule has 0 spiro atoms. The highest BCUT2D eigenvalue weighted by Crippen LogP contribution is 2.27. The Bertz CT molecular complexity index is 439. The summed E-state index contributed by atoms with van der Waals surface area (Å²) >= 11 is 12.0. The first-order valence-corrected chi connectivity index (χ1v) is 7.15. The van der Waals surface area contributed by atoms with Gasteiger partial charge in [-0.15, -0.1) is 0 Å². The summed E-state index contributed by atoms with van der Waals surface area (Å²) in [5.74, 6) is -0.315. The molecule has 1 aromatic carbocycles. The Labute approximate surface area is 123 Å². The van der Waals surface area contributed by atoms with Crippen LogP contribution in [0.1, 0.15) is 37.3 Å². The van der Waals surface area contributed by atoms with Gasteiger partial charge in [-0.1, -0.05) is 36.0 Å². The number of nitrogens with one attached hydrogen (secondary N) is 1. The molecule has 0 bridgehead atoms. The molecular formula is C14H17Cl2NO2. The fraction of sp³-hybridized carbons (Fsp3) is 0.500. The van der Waals surface area contributed by atoms with Crippen molar-refractivity contribution in [1.82, 2.24) is 5.32 Å². The lowest BCUT2D eigenvalue weighted by molar-refractivity contribution is -0.143. The van der Waals surface area contributed by atoms with Gasteiger partial charge < -0.3 is 4.74 Å². The molecule has 0 heterocycles. The molecule has 0 amide bonds. The van der Waals surface area contributed by atoms with Crippen LogP contribution < -0.4 is 5.32 Å². The molecule has 104 valence electrons. The van der Waals surface area contributed by atoms with Crippen LogP contribution in [0.2, 0.25) is 10.0 Å². The summed E-state index contributed by atoms with van der Waals surface area (Å²) in [7, 11) is 1.39. The second-order valence-electron chi connectivity index (χ2n) is 4.81. The zero-order valence-corrected chi connectivity index (χ0v) is 12.3. The summed E-state index contributed by atoms with van der Waals surface area (Å²) in [5.41, 5.74) is 0.747. The van der Waals surface area contributed by atoms with Crippen LogP contribution in [-0.4, -0.2) is 19.1 Å². The Morgan fingerprint density at radius 1 is 1.26 bits per heavy atom. The van der Waals surface area contributed by atoms with E-state index in [4.69, 9.17) is 27.9 Å². The SMILES string of the molecule is COC(=O)C(NC1CCCC1)c1cc(Cl)cc(Cl)c1. The number of methoxy groups -OCH3 is 1. The van der Waals surface area contributed by atoms with E-state index in [1.54, 1.807) is 18.2 Å². The lowest BCUT2D eigenvalue weighted by atomic mass is 10.1. The van der Waals surface area contributed by atoms with E-state index >= 15 is 0 Å². The molecule has 0 aliphatic heterocycles. The Kier molecular flexibility index (Phi) is 5.08. The number of hydrogen-bond acceptors (Lipinski definition) is 3. The van der Waals surface area contributed by atoms with E-state index in [1.807, 2.05) is 0 Å². The van der Waals surface area contributed by atoms with E-state index in [0.29, 0.717) is 16.1 Å². The highest BCUT2D eigenvalue weighted by Gasteiger charge is 2.26. The number of ether oxygens (including phenoxy) is 1. The van der Waals surface area contributed by atoms with E-state index in [1.165, 1.54) is 20.0 Å². The Balaban J connectivity index is 2.22. The van der Waals surface area contributed by atoms with Gasteiger partial charge in [-0.25, -0.2) is 4.79 Å². The first-order chi connectivity index (χ1) is 9.10. The van der Waals surface area contributed by atoms with Gasteiger partial charge in [0.2, 0.25) is 0 Å². The number of esters is 1. The minimum absolute atomic E-state index is 0.315. The van der Waals surface area contributed by atoms with E-state index < -0.39 is 6.04 Å². The van der Waals surface area contributed by atoms with Crippen LogP contribution in [0.4, 0.5) is 0 Å². The second kappa shape index (κ2) is 6.60. The van der Waals surface area contributed by atoms with Gasteiger partial charge in [-0.3, -0.25) is 5.32 Å². The molecule has 1 aromatic rings. The molecule has 1 saturated carbocycles. The van der Waals surface area contributed by atoms with Gasteiger partial charge in [-0.05, 0) is 36.6 Å². The average molecular weight is 302 g/mol. The Hall–Kier alpha value is -0.770. The van der Waals surface area contributed by atoms with Crippen molar-refractivity contribution in [2.75, 3.05) is 7.11 Å². The van der Waals surface area contributed by atoms with Gasteiger partial charge in [0.25, 0.3) is 0 Å². The summed E-state index contributed by atoms with van der Waals surface area (Å²) in [5, 5.41) is 4.38. The largest absolute Gasteiger partial charge is 0.468 e. The number of carbonyl (C=O) groups is 1. The maximum atomic E-state index is 12.0. The predicted molar refractivity (Wildman–Crippen MR) is 76.6 cm³/mol. The van der Waals surface area contributed by atoms with Gasteiger partial charge in [0, 0.05) is 16.1 Å². The van der Waals surface area contributed by atoms with Gasteiger partial charge in [0.05, 0.1) is 7.11 Å². The normalized spacial score (nSPS) is 17.4. The summed E-state index contributed by atoms with van der Waals surface area (Å²) in [4.78, 5) is 12.0. The third kappa shape index (κ3) is 3.85. The maximum Gasteiger partial charge on any atom is 0.327 e. The topological polar surface area (TPSA) is 38.3 Å². The summed E-state index contributed by atoms with van der Waals surface area (Å²) in [6.07, 6.45) is 4.56. The van der Waals surface area contributed by atoms with Crippen molar-refractivity contribution < 1.29 is 9.53 Å². The van der Waals surface area contributed by atoms with E-state index in [9.17, 15) is 4.79 Å². The number of benzene rings is 1. The molecule has 0 radical (unpaired) electrons. The van der Waals surface area contributed by atoms with Crippen LogP contribution in [0.25, 0.3) is 0 Å². The van der Waals surface area contributed by atoms with Crippen LogP contribution in [0.3, 0.4) is 0 Å². The molecule has 1 atom stereocenters.